The van der Waals surface area contributed by atoms with Crippen LogP contribution in [0.1, 0.15) is 32.1 Å². The second-order valence-corrected chi connectivity index (χ2v) is 8.26. The maximum atomic E-state index is 11.9. The fourth-order valence-corrected chi connectivity index (χ4v) is 4.82. The van der Waals surface area contributed by atoms with Gasteiger partial charge in [-0.05, 0) is 31.7 Å². The predicted octanol–water partition coefficient (Wildman–Crippen LogP) is 1.47. The van der Waals surface area contributed by atoms with Gasteiger partial charge in [0.15, 0.2) is 0 Å². The van der Waals surface area contributed by atoms with E-state index < -0.39 is 0 Å². The van der Waals surface area contributed by atoms with Crippen LogP contribution in [-0.4, -0.2) is 63.4 Å². The number of pyridine rings is 1. The SMILES string of the molecule is O=c1[nH][n+](CCCN2CCN(C3CCCC(Cl)C3)CC2)c2ccccn12. The number of rotatable bonds is 5. The Hall–Kier alpha value is -1.37. The molecule has 3 heterocycles. The number of hydrogen-bond acceptors (Lipinski definition) is 3. The van der Waals surface area contributed by atoms with E-state index in [4.69, 9.17) is 11.6 Å². The van der Waals surface area contributed by atoms with E-state index in [1.807, 2.05) is 22.9 Å². The second-order valence-electron chi connectivity index (χ2n) is 7.65. The Balaban J connectivity index is 1.24. The van der Waals surface area contributed by atoms with Crippen LogP contribution in [0.25, 0.3) is 5.65 Å². The first-order valence-electron chi connectivity index (χ1n) is 9.90. The number of piperazine rings is 1. The standard InChI is InChI=1S/C19H28ClN5O/c20-16-5-3-6-17(15-16)23-13-11-22(12-14-23)8-4-10-25-18-7-1-2-9-24(18)19(26)21-25/h1-2,7,9,16-17H,3-6,8,10-15H2/p+1. The summed E-state index contributed by atoms with van der Waals surface area (Å²) >= 11 is 6.36. The molecule has 0 spiro atoms. The van der Waals surface area contributed by atoms with Crippen molar-refractivity contribution >= 4 is 17.2 Å². The van der Waals surface area contributed by atoms with Crippen LogP contribution in [0.3, 0.4) is 0 Å². The zero-order valence-corrected chi connectivity index (χ0v) is 16.1. The van der Waals surface area contributed by atoms with Gasteiger partial charge in [0.05, 0.1) is 0 Å². The number of hydrogen-bond donors (Lipinski definition) is 1. The van der Waals surface area contributed by atoms with Gasteiger partial charge in [0.2, 0.25) is 0 Å². The highest BCUT2D eigenvalue weighted by Crippen LogP contribution is 2.27. The topological polar surface area (TPSA) is 47.6 Å². The Labute approximate surface area is 159 Å². The monoisotopic (exact) mass is 378 g/mol. The first-order valence-corrected chi connectivity index (χ1v) is 10.3. The molecular formula is C19H29ClN5O+. The number of nitrogens with one attached hydrogen (secondary N) is 1. The van der Waals surface area contributed by atoms with Crippen molar-refractivity contribution in [3.63, 3.8) is 0 Å². The number of H-pyrrole nitrogens is 1. The normalized spacial score (nSPS) is 25.7. The summed E-state index contributed by atoms with van der Waals surface area (Å²) in [6, 6.07) is 6.52. The molecular weight excluding hydrogens is 350 g/mol. The number of fused-ring (bicyclic) bond motifs is 1. The third-order valence-electron chi connectivity index (χ3n) is 5.93. The van der Waals surface area contributed by atoms with E-state index >= 15 is 0 Å². The third-order valence-corrected chi connectivity index (χ3v) is 6.32. The fourth-order valence-electron chi connectivity index (χ4n) is 4.46. The van der Waals surface area contributed by atoms with E-state index in [0.717, 1.165) is 57.8 Å². The smallest absolute Gasteiger partial charge is 0.301 e. The summed E-state index contributed by atoms with van der Waals surface area (Å²) in [6.07, 6.45) is 7.79. The number of aromatic amines is 1. The average molecular weight is 379 g/mol. The van der Waals surface area contributed by atoms with Crippen LogP contribution in [0.5, 0.6) is 0 Å². The van der Waals surface area contributed by atoms with Gasteiger partial charge in [-0.3, -0.25) is 4.90 Å². The van der Waals surface area contributed by atoms with Gasteiger partial charge in [-0.25, -0.2) is 4.79 Å². The molecule has 1 saturated carbocycles. The molecule has 0 radical (unpaired) electrons. The van der Waals surface area contributed by atoms with E-state index in [2.05, 4.69) is 14.9 Å². The molecule has 1 aliphatic carbocycles. The maximum absolute atomic E-state index is 11.9. The van der Waals surface area contributed by atoms with Crippen molar-refractivity contribution in [2.75, 3.05) is 32.7 Å². The molecule has 0 aromatic carbocycles. The summed E-state index contributed by atoms with van der Waals surface area (Å²) in [6.45, 7) is 6.52. The molecule has 0 bridgehead atoms. The highest BCUT2D eigenvalue weighted by Gasteiger charge is 2.28. The second kappa shape index (κ2) is 8.11. The lowest BCUT2D eigenvalue weighted by Gasteiger charge is -2.41. The van der Waals surface area contributed by atoms with Crippen LogP contribution < -0.4 is 10.4 Å². The number of aromatic nitrogens is 3. The Kier molecular flexibility index (Phi) is 5.62. The summed E-state index contributed by atoms with van der Waals surface area (Å²) < 4.78 is 3.62. The lowest BCUT2D eigenvalue weighted by Crippen LogP contribution is -2.52. The predicted molar refractivity (Wildman–Crippen MR) is 103 cm³/mol. The van der Waals surface area contributed by atoms with Crippen molar-refractivity contribution in [2.24, 2.45) is 0 Å². The minimum absolute atomic E-state index is 0.0701. The van der Waals surface area contributed by atoms with Gasteiger partial charge in [0, 0.05) is 50.2 Å². The summed E-state index contributed by atoms with van der Waals surface area (Å²) in [5, 5.41) is 3.31. The van der Waals surface area contributed by atoms with Crippen molar-refractivity contribution in [2.45, 2.75) is 50.1 Å². The highest BCUT2D eigenvalue weighted by molar-refractivity contribution is 6.20. The lowest BCUT2D eigenvalue weighted by molar-refractivity contribution is -0.729. The molecule has 2 aromatic heterocycles. The van der Waals surface area contributed by atoms with Crippen molar-refractivity contribution in [3.05, 3.63) is 34.9 Å². The molecule has 1 N–H and O–H groups in total. The Morgan fingerprint density at radius 1 is 1.19 bits per heavy atom. The number of halogens is 1. The fraction of sp³-hybridized carbons (Fsp3) is 0.684. The minimum Gasteiger partial charge on any atom is -0.301 e. The van der Waals surface area contributed by atoms with Crippen LogP contribution in [-0.2, 0) is 6.54 Å². The van der Waals surface area contributed by atoms with E-state index in [9.17, 15) is 4.79 Å². The van der Waals surface area contributed by atoms with Gasteiger partial charge in [0.1, 0.15) is 12.7 Å². The summed E-state index contributed by atoms with van der Waals surface area (Å²) in [5.74, 6) is 0. The maximum Gasteiger partial charge on any atom is 0.448 e. The largest absolute Gasteiger partial charge is 0.448 e. The first-order chi connectivity index (χ1) is 12.7. The summed E-state index contributed by atoms with van der Waals surface area (Å²) in [7, 11) is 0. The molecule has 2 aromatic rings. The van der Waals surface area contributed by atoms with Crippen molar-refractivity contribution in [1.82, 2.24) is 19.3 Å². The average Bonchev–Trinajstić information content (AvgIpc) is 2.99. The van der Waals surface area contributed by atoms with E-state index in [1.165, 1.54) is 19.3 Å². The zero-order chi connectivity index (χ0) is 17.9. The Morgan fingerprint density at radius 3 is 2.85 bits per heavy atom. The lowest BCUT2D eigenvalue weighted by atomic mass is 9.93. The molecule has 2 fully saturated rings. The van der Waals surface area contributed by atoms with Crippen LogP contribution in [0.2, 0.25) is 0 Å². The van der Waals surface area contributed by atoms with Crippen LogP contribution in [0.4, 0.5) is 0 Å². The first kappa shape index (κ1) is 18.0. The van der Waals surface area contributed by atoms with Crippen LogP contribution in [0, 0.1) is 0 Å². The van der Waals surface area contributed by atoms with Crippen molar-refractivity contribution in [3.8, 4) is 0 Å². The van der Waals surface area contributed by atoms with Gasteiger partial charge >= 0.3 is 11.3 Å². The molecule has 1 saturated heterocycles. The van der Waals surface area contributed by atoms with Crippen LogP contribution >= 0.6 is 11.6 Å². The van der Waals surface area contributed by atoms with Gasteiger partial charge in [-0.15, -0.1) is 16.0 Å². The molecule has 6 nitrogen and oxygen atoms in total. The van der Waals surface area contributed by atoms with E-state index in [-0.39, 0.29) is 5.69 Å². The van der Waals surface area contributed by atoms with Crippen molar-refractivity contribution in [1.29, 1.82) is 0 Å². The number of aryl methyl sites for hydroxylation is 1. The molecule has 2 unspecified atom stereocenters. The molecule has 0 amide bonds. The highest BCUT2D eigenvalue weighted by atomic mass is 35.5. The van der Waals surface area contributed by atoms with Gasteiger partial charge < -0.3 is 4.90 Å². The quantitative estimate of drug-likeness (QED) is 0.633. The minimum atomic E-state index is -0.0701. The Bertz CT molecular complexity index is 780. The van der Waals surface area contributed by atoms with Crippen molar-refractivity contribution < 1.29 is 4.68 Å². The van der Waals surface area contributed by atoms with Gasteiger partial charge in [-0.1, -0.05) is 12.5 Å². The molecule has 7 heteroatoms. The molecule has 1 aliphatic heterocycles. The molecule has 142 valence electrons. The third kappa shape index (κ3) is 3.97. The van der Waals surface area contributed by atoms with Gasteiger partial charge in [0.25, 0.3) is 0 Å². The zero-order valence-electron chi connectivity index (χ0n) is 15.3. The molecule has 26 heavy (non-hydrogen) atoms. The molecule has 2 atom stereocenters. The van der Waals surface area contributed by atoms with Crippen LogP contribution in [0.15, 0.2) is 29.2 Å². The summed E-state index contributed by atoms with van der Waals surface area (Å²) in [4.78, 5) is 17.1. The number of nitrogens with zero attached hydrogens (tertiary/aromatic N) is 4. The number of alkyl halides is 1. The molecule has 2 aliphatic rings. The van der Waals surface area contributed by atoms with Gasteiger partial charge in [-0.2, -0.15) is 9.78 Å². The Morgan fingerprint density at radius 2 is 2.04 bits per heavy atom. The van der Waals surface area contributed by atoms with E-state index in [0.29, 0.717) is 11.4 Å². The molecule has 4 rings (SSSR count). The summed E-state index contributed by atoms with van der Waals surface area (Å²) in [5.41, 5.74) is 0.856. The van der Waals surface area contributed by atoms with E-state index in [1.54, 1.807) is 10.6 Å².